The van der Waals surface area contributed by atoms with Crippen LogP contribution in [0.15, 0.2) is 24.3 Å². The molecule has 0 aliphatic carbocycles. The molecule has 0 saturated carbocycles. The highest BCUT2D eigenvalue weighted by Gasteiger charge is 2.12. The highest BCUT2D eigenvalue weighted by Crippen LogP contribution is 2.09. The Morgan fingerprint density at radius 2 is 1.14 bits per heavy atom. The summed E-state index contributed by atoms with van der Waals surface area (Å²) < 4.78 is 10.1. The molecule has 0 fully saturated rings. The van der Waals surface area contributed by atoms with Crippen molar-refractivity contribution < 1.29 is 29.0 Å². The lowest BCUT2D eigenvalue weighted by atomic mass is 10.1. The molecule has 0 amide bonds. The first-order valence-corrected chi connectivity index (χ1v) is 13.8. The lowest BCUT2D eigenvalue weighted by Gasteiger charge is -2.12. The highest BCUT2D eigenvalue weighted by atomic mass is 16.6. The zero-order valence-corrected chi connectivity index (χ0v) is 22.3. The van der Waals surface area contributed by atoms with Gasteiger partial charge in [-0.25, -0.2) is 0 Å². The van der Waals surface area contributed by atoms with Gasteiger partial charge < -0.3 is 14.6 Å². The van der Waals surface area contributed by atoms with Crippen molar-refractivity contribution >= 4 is 17.7 Å². The quantitative estimate of drug-likeness (QED) is 0.0688. The molecule has 35 heavy (non-hydrogen) atoms. The standard InChI is InChI=1S/C29H50O6/c1-3-5-7-13-18-22-28(32)34-24-27(31)25-35-29(33)23-19-15-12-10-8-9-11-14-17-21-26(30)20-16-6-4-2/h11,14,17,21,27,31H,3-10,12-13,15-16,18-20,22-25H2,1-2H3/b14-11-,21-17+/t27-/m1/s1. The van der Waals surface area contributed by atoms with Crippen LogP contribution >= 0.6 is 0 Å². The maximum atomic E-state index is 11.8. The Labute approximate surface area is 213 Å². The zero-order valence-electron chi connectivity index (χ0n) is 22.3. The van der Waals surface area contributed by atoms with Crippen LogP contribution in [0.1, 0.15) is 123 Å². The van der Waals surface area contributed by atoms with E-state index in [2.05, 4.69) is 19.9 Å². The Hall–Kier alpha value is -1.95. The van der Waals surface area contributed by atoms with Crippen molar-refractivity contribution in [1.29, 1.82) is 0 Å². The van der Waals surface area contributed by atoms with E-state index < -0.39 is 6.10 Å². The van der Waals surface area contributed by atoms with Crippen LogP contribution in [0.4, 0.5) is 0 Å². The normalized spacial score (nSPS) is 12.3. The number of esters is 2. The predicted octanol–water partition coefficient (Wildman–Crippen LogP) is 6.79. The fourth-order valence-electron chi connectivity index (χ4n) is 3.48. The number of aliphatic hydroxyl groups excluding tert-OH is 1. The number of unbranched alkanes of at least 4 members (excludes halogenated alkanes) is 11. The summed E-state index contributed by atoms with van der Waals surface area (Å²) in [5.41, 5.74) is 0. The van der Waals surface area contributed by atoms with Crippen molar-refractivity contribution in [3.05, 3.63) is 24.3 Å². The summed E-state index contributed by atoms with van der Waals surface area (Å²) in [4.78, 5) is 35.0. The fourth-order valence-corrected chi connectivity index (χ4v) is 3.48. The minimum absolute atomic E-state index is 0.138. The van der Waals surface area contributed by atoms with Crippen LogP contribution in [0.25, 0.3) is 0 Å². The largest absolute Gasteiger partial charge is 0.463 e. The molecule has 0 bridgehead atoms. The first-order valence-electron chi connectivity index (χ1n) is 13.8. The Balaban J connectivity index is 3.56. The number of carbonyl (C=O) groups excluding carboxylic acids is 3. The second-order valence-electron chi connectivity index (χ2n) is 9.20. The van der Waals surface area contributed by atoms with E-state index in [1.807, 2.05) is 12.2 Å². The van der Waals surface area contributed by atoms with Crippen LogP contribution in [0.5, 0.6) is 0 Å². The molecule has 0 aromatic heterocycles. The lowest BCUT2D eigenvalue weighted by Crippen LogP contribution is -2.25. The van der Waals surface area contributed by atoms with Gasteiger partial charge in [0, 0.05) is 19.3 Å². The molecule has 0 spiro atoms. The highest BCUT2D eigenvalue weighted by molar-refractivity contribution is 5.89. The Kier molecular flexibility index (Phi) is 23.8. The van der Waals surface area contributed by atoms with E-state index in [1.165, 1.54) is 6.42 Å². The van der Waals surface area contributed by atoms with Crippen LogP contribution in [0.3, 0.4) is 0 Å². The number of rotatable bonds is 24. The van der Waals surface area contributed by atoms with E-state index in [4.69, 9.17) is 9.47 Å². The third-order valence-corrected chi connectivity index (χ3v) is 5.67. The number of carbonyl (C=O) groups is 3. The van der Waals surface area contributed by atoms with Gasteiger partial charge in [0.2, 0.25) is 0 Å². The average molecular weight is 495 g/mol. The average Bonchev–Trinajstić information content (AvgIpc) is 2.84. The van der Waals surface area contributed by atoms with E-state index in [0.717, 1.165) is 83.5 Å². The number of aliphatic hydroxyl groups is 1. The van der Waals surface area contributed by atoms with Crippen molar-refractivity contribution in [1.82, 2.24) is 0 Å². The van der Waals surface area contributed by atoms with Gasteiger partial charge in [-0.05, 0) is 38.2 Å². The van der Waals surface area contributed by atoms with E-state index in [0.29, 0.717) is 19.3 Å². The lowest BCUT2D eigenvalue weighted by molar-refractivity contribution is -0.152. The minimum atomic E-state index is -0.981. The smallest absolute Gasteiger partial charge is 0.305 e. The van der Waals surface area contributed by atoms with Crippen molar-refractivity contribution in [2.24, 2.45) is 0 Å². The summed E-state index contributed by atoms with van der Waals surface area (Å²) in [6.07, 6.45) is 22.3. The number of hydrogen-bond donors (Lipinski definition) is 1. The molecule has 0 aromatic carbocycles. The van der Waals surface area contributed by atoms with Crippen LogP contribution in [0.2, 0.25) is 0 Å². The molecule has 202 valence electrons. The Bertz CT molecular complexity index is 596. The molecule has 0 rings (SSSR count). The molecular weight excluding hydrogens is 444 g/mol. The summed E-state index contributed by atoms with van der Waals surface area (Å²) >= 11 is 0. The van der Waals surface area contributed by atoms with Gasteiger partial charge in [0.1, 0.15) is 19.3 Å². The summed E-state index contributed by atoms with van der Waals surface area (Å²) in [5.74, 6) is -0.444. The van der Waals surface area contributed by atoms with E-state index >= 15 is 0 Å². The van der Waals surface area contributed by atoms with Crippen molar-refractivity contribution in [2.45, 2.75) is 129 Å². The molecule has 0 aromatic rings. The van der Waals surface area contributed by atoms with Gasteiger partial charge in [-0.1, -0.05) is 89.9 Å². The predicted molar refractivity (Wildman–Crippen MR) is 141 cm³/mol. The van der Waals surface area contributed by atoms with Gasteiger partial charge in [0.15, 0.2) is 5.78 Å². The van der Waals surface area contributed by atoms with Crippen LogP contribution in [0, 0.1) is 0 Å². The number of allylic oxidation sites excluding steroid dienone is 4. The van der Waals surface area contributed by atoms with Crippen molar-refractivity contribution in [2.75, 3.05) is 13.2 Å². The maximum Gasteiger partial charge on any atom is 0.305 e. The van der Waals surface area contributed by atoms with Gasteiger partial charge in [-0.2, -0.15) is 0 Å². The van der Waals surface area contributed by atoms with E-state index in [9.17, 15) is 19.5 Å². The second kappa shape index (κ2) is 25.2. The molecule has 6 nitrogen and oxygen atoms in total. The van der Waals surface area contributed by atoms with Gasteiger partial charge in [-0.3, -0.25) is 14.4 Å². The van der Waals surface area contributed by atoms with Crippen LogP contribution < -0.4 is 0 Å². The summed E-state index contributed by atoms with van der Waals surface area (Å²) in [6, 6.07) is 0. The molecule has 0 aliphatic rings. The monoisotopic (exact) mass is 494 g/mol. The molecular formula is C29H50O6. The van der Waals surface area contributed by atoms with Gasteiger partial charge in [0.25, 0.3) is 0 Å². The molecule has 0 heterocycles. The molecule has 1 atom stereocenters. The van der Waals surface area contributed by atoms with E-state index in [-0.39, 0.29) is 30.9 Å². The van der Waals surface area contributed by atoms with E-state index in [1.54, 1.807) is 6.08 Å². The molecule has 1 N–H and O–H groups in total. The molecule has 6 heteroatoms. The summed E-state index contributed by atoms with van der Waals surface area (Å²) in [7, 11) is 0. The van der Waals surface area contributed by atoms with Gasteiger partial charge >= 0.3 is 11.9 Å². The third kappa shape index (κ3) is 25.0. The van der Waals surface area contributed by atoms with Crippen LogP contribution in [-0.2, 0) is 23.9 Å². The Morgan fingerprint density at radius 3 is 1.74 bits per heavy atom. The maximum absolute atomic E-state index is 11.8. The third-order valence-electron chi connectivity index (χ3n) is 5.67. The first-order chi connectivity index (χ1) is 17.0. The number of ketones is 1. The summed E-state index contributed by atoms with van der Waals surface area (Å²) in [6.45, 7) is 3.99. The second-order valence-corrected chi connectivity index (χ2v) is 9.20. The molecule has 0 unspecified atom stereocenters. The molecule has 0 saturated heterocycles. The van der Waals surface area contributed by atoms with Crippen molar-refractivity contribution in [3.8, 4) is 0 Å². The zero-order chi connectivity index (χ0) is 26.0. The number of ether oxygens (including phenoxy) is 2. The SMILES string of the molecule is CCCCCCCC(=O)OC[C@@H](O)COC(=O)CCCCCCC/C=C\C=C\C(=O)CCCCC. The topological polar surface area (TPSA) is 89.9 Å². The molecule has 0 aliphatic heterocycles. The minimum Gasteiger partial charge on any atom is -0.463 e. The molecule has 0 radical (unpaired) electrons. The Morgan fingerprint density at radius 1 is 0.657 bits per heavy atom. The van der Waals surface area contributed by atoms with Gasteiger partial charge in [0.05, 0.1) is 0 Å². The first kappa shape index (κ1) is 33.0. The van der Waals surface area contributed by atoms with Crippen molar-refractivity contribution in [3.63, 3.8) is 0 Å². The summed E-state index contributed by atoms with van der Waals surface area (Å²) in [5, 5.41) is 9.82. The van der Waals surface area contributed by atoms with Crippen LogP contribution in [-0.4, -0.2) is 42.1 Å². The fraction of sp³-hybridized carbons (Fsp3) is 0.759. The van der Waals surface area contributed by atoms with Gasteiger partial charge in [-0.15, -0.1) is 0 Å². The number of hydrogen-bond acceptors (Lipinski definition) is 6.